The van der Waals surface area contributed by atoms with E-state index in [0.717, 1.165) is 31.1 Å². The Morgan fingerprint density at radius 1 is 1.39 bits per heavy atom. The predicted octanol–water partition coefficient (Wildman–Crippen LogP) is 3.10. The van der Waals surface area contributed by atoms with Crippen LogP contribution in [-0.2, 0) is 10.0 Å². The molecule has 0 bridgehead atoms. The summed E-state index contributed by atoms with van der Waals surface area (Å²) in [6.07, 6.45) is 3.89. The Labute approximate surface area is 148 Å². The summed E-state index contributed by atoms with van der Waals surface area (Å²) < 4.78 is 28.2. The zero-order chi connectivity index (χ0) is 16.3. The van der Waals surface area contributed by atoms with Gasteiger partial charge in [0.1, 0.15) is 0 Å². The Hall–Kier alpha value is -0.960. The number of benzene rings is 1. The van der Waals surface area contributed by atoms with Crippen molar-refractivity contribution in [1.29, 1.82) is 0 Å². The summed E-state index contributed by atoms with van der Waals surface area (Å²) in [5.41, 5.74) is 0. The molecule has 124 valence electrons. The van der Waals surface area contributed by atoms with Gasteiger partial charge in [-0.1, -0.05) is 12.1 Å². The van der Waals surface area contributed by atoms with Crippen LogP contribution in [0.2, 0.25) is 0 Å². The summed E-state index contributed by atoms with van der Waals surface area (Å²) >= 11 is 4.92. The van der Waals surface area contributed by atoms with Crippen molar-refractivity contribution in [3.63, 3.8) is 0 Å². The zero-order valence-corrected chi connectivity index (χ0v) is 15.7. The Kier molecular flexibility index (Phi) is 5.35. The van der Waals surface area contributed by atoms with Gasteiger partial charge in [0.15, 0.2) is 5.13 Å². The van der Waals surface area contributed by atoms with E-state index in [4.69, 9.17) is 0 Å². The molecule has 1 aliphatic rings. The molecule has 5 nitrogen and oxygen atoms in total. The predicted molar refractivity (Wildman–Crippen MR) is 96.4 cm³/mol. The first-order valence-corrected chi connectivity index (χ1v) is 10.6. The maximum atomic E-state index is 12.4. The molecular formula is C15H18BrN3O2S2. The lowest BCUT2D eigenvalue weighted by Gasteiger charge is -2.32. The van der Waals surface area contributed by atoms with Crippen molar-refractivity contribution >= 4 is 42.4 Å². The van der Waals surface area contributed by atoms with E-state index >= 15 is 0 Å². The van der Waals surface area contributed by atoms with Crippen molar-refractivity contribution < 1.29 is 8.42 Å². The molecule has 23 heavy (non-hydrogen) atoms. The van der Waals surface area contributed by atoms with Crippen molar-refractivity contribution in [2.45, 2.75) is 17.7 Å². The van der Waals surface area contributed by atoms with E-state index in [1.165, 1.54) is 0 Å². The molecule has 1 aromatic carbocycles. The maximum Gasteiger partial charge on any atom is 0.241 e. The van der Waals surface area contributed by atoms with Crippen LogP contribution in [0.25, 0.3) is 0 Å². The molecule has 0 amide bonds. The highest BCUT2D eigenvalue weighted by atomic mass is 79.9. The van der Waals surface area contributed by atoms with Crippen molar-refractivity contribution in [2.75, 3.05) is 24.5 Å². The quantitative estimate of drug-likeness (QED) is 0.814. The molecule has 0 saturated carbocycles. The second-order valence-corrected chi connectivity index (χ2v) is 9.01. The van der Waals surface area contributed by atoms with Crippen LogP contribution in [0.15, 0.2) is 45.2 Å². The number of sulfonamides is 1. The minimum absolute atomic E-state index is 0.285. The third-order valence-corrected chi connectivity index (χ3v) is 7.16. The first-order valence-electron chi connectivity index (χ1n) is 7.45. The number of nitrogens with one attached hydrogen (secondary N) is 1. The Bertz CT molecular complexity index is 750. The van der Waals surface area contributed by atoms with Crippen LogP contribution in [0.4, 0.5) is 5.13 Å². The molecule has 1 aliphatic heterocycles. The van der Waals surface area contributed by atoms with Gasteiger partial charge in [-0.2, -0.15) is 0 Å². The molecule has 1 aromatic heterocycles. The summed E-state index contributed by atoms with van der Waals surface area (Å²) in [7, 11) is -3.49. The molecule has 1 unspecified atom stereocenters. The van der Waals surface area contributed by atoms with E-state index in [2.05, 4.69) is 30.5 Å². The van der Waals surface area contributed by atoms with Crippen LogP contribution in [0.3, 0.4) is 0 Å². The average Bonchev–Trinajstić information content (AvgIpc) is 3.08. The molecule has 8 heteroatoms. The third-order valence-electron chi connectivity index (χ3n) is 3.90. The van der Waals surface area contributed by atoms with Gasteiger partial charge in [-0.15, -0.1) is 11.3 Å². The number of anilines is 1. The Balaban J connectivity index is 1.63. The molecular weight excluding hydrogens is 398 g/mol. The Morgan fingerprint density at radius 2 is 2.22 bits per heavy atom. The molecule has 0 aliphatic carbocycles. The maximum absolute atomic E-state index is 12.4. The number of halogens is 1. The van der Waals surface area contributed by atoms with Gasteiger partial charge in [-0.25, -0.2) is 18.1 Å². The van der Waals surface area contributed by atoms with Crippen LogP contribution in [0.5, 0.6) is 0 Å². The largest absolute Gasteiger partial charge is 0.348 e. The lowest BCUT2D eigenvalue weighted by Crippen LogP contribution is -2.41. The minimum atomic E-state index is -3.49. The van der Waals surface area contributed by atoms with Crippen molar-refractivity contribution in [3.8, 4) is 0 Å². The highest BCUT2D eigenvalue weighted by Crippen LogP contribution is 2.25. The lowest BCUT2D eigenvalue weighted by molar-refractivity contribution is 0.410. The number of piperidine rings is 1. The minimum Gasteiger partial charge on any atom is -0.348 e. The molecule has 0 radical (unpaired) electrons. The fourth-order valence-electron chi connectivity index (χ4n) is 2.75. The number of hydrogen-bond acceptors (Lipinski definition) is 5. The fourth-order valence-corrected chi connectivity index (χ4v) is 5.54. The van der Waals surface area contributed by atoms with Crippen LogP contribution < -0.4 is 9.62 Å². The second kappa shape index (κ2) is 7.29. The summed E-state index contributed by atoms with van der Waals surface area (Å²) in [5.74, 6) is 0.296. The number of rotatable bonds is 5. The summed E-state index contributed by atoms with van der Waals surface area (Å²) in [4.78, 5) is 6.87. The van der Waals surface area contributed by atoms with Crippen LogP contribution in [0, 0.1) is 5.92 Å². The number of hydrogen-bond donors (Lipinski definition) is 1. The fraction of sp³-hybridized carbons (Fsp3) is 0.400. The second-order valence-electron chi connectivity index (χ2n) is 5.55. The number of aromatic nitrogens is 1. The zero-order valence-electron chi connectivity index (χ0n) is 12.5. The van der Waals surface area contributed by atoms with Crippen LogP contribution in [-0.4, -0.2) is 33.0 Å². The molecule has 0 spiro atoms. The van der Waals surface area contributed by atoms with Gasteiger partial charge in [0.25, 0.3) is 0 Å². The van der Waals surface area contributed by atoms with Crippen LogP contribution >= 0.6 is 27.3 Å². The van der Waals surface area contributed by atoms with Crippen molar-refractivity contribution in [2.24, 2.45) is 5.92 Å². The lowest BCUT2D eigenvalue weighted by atomic mass is 9.99. The number of thiazole rings is 1. The molecule has 3 rings (SSSR count). The van der Waals surface area contributed by atoms with E-state index in [1.54, 1.807) is 41.8 Å². The van der Waals surface area contributed by atoms with Gasteiger partial charge in [-0.3, -0.25) is 0 Å². The van der Waals surface area contributed by atoms with Gasteiger partial charge in [0.2, 0.25) is 10.0 Å². The van der Waals surface area contributed by atoms with Gasteiger partial charge < -0.3 is 4.90 Å². The highest BCUT2D eigenvalue weighted by molar-refractivity contribution is 9.10. The first-order chi connectivity index (χ1) is 11.1. The topological polar surface area (TPSA) is 62.3 Å². The SMILES string of the molecule is O=S(=O)(NCC1CCCN(c2nccs2)C1)c1ccccc1Br. The van der Waals surface area contributed by atoms with Gasteiger partial charge in [0.05, 0.1) is 4.90 Å². The monoisotopic (exact) mass is 415 g/mol. The molecule has 1 saturated heterocycles. The van der Waals surface area contributed by atoms with E-state index in [9.17, 15) is 8.42 Å². The standard InChI is InChI=1S/C15H18BrN3O2S2/c16-13-5-1-2-6-14(13)23(20,21)18-10-12-4-3-8-19(11-12)15-17-7-9-22-15/h1-2,5-7,9,12,18H,3-4,8,10-11H2. The van der Waals surface area contributed by atoms with E-state index < -0.39 is 10.0 Å². The first kappa shape index (κ1) is 16.9. The molecule has 1 atom stereocenters. The molecule has 1 fully saturated rings. The Morgan fingerprint density at radius 3 is 2.96 bits per heavy atom. The van der Waals surface area contributed by atoms with Crippen LogP contribution in [0.1, 0.15) is 12.8 Å². The van der Waals surface area contributed by atoms with Gasteiger partial charge in [-0.05, 0) is 46.8 Å². The smallest absolute Gasteiger partial charge is 0.241 e. The molecule has 1 N–H and O–H groups in total. The molecule has 2 aromatic rings. The third kappa shape index (κ3) is 4.12. The molecule has 2 heterocycles. The average molecular weight is 416 g/mol. The van der Waals surface area contributed by atoms with Crippen molar-refractivity contribution in [1.82, 2.24) is 9.71 Å². The van der Waals surface area contributed by atoms with E-state index in [0.29, 0.717) is 16.9 Å². The number of nitrogens with zero attached hydrogens (tertiary/aromatic N) is 2. The highest BCUT2D eigenvalue weighted by Gasteiger charge is 2.24. The van der Waals surface area contributed by atoms with E-state index in [-0.39, 0.29) is 4.90 Å². The summed E-state index contributed by atoms with van der Waals surface area (Å²) in [6, 6.07) is 6.87. The summed E-state index contributed by atoms with van der Waals surface area (Å²) in [5, 5.41) is 2.98. The van der Waals surface area contributed by atoms with Crippen molar-refractivity contribution in [3.05, 3.63) is 40.3 Å². The normalized spacial score (nSPS) is 19.0. The summed E-state index contributed by atoms with van der Waals surface area (Å²) in [6.45, 7) is 2.28. The van der Waals surface area contributed by atoms with Gasteiger partial charge >= 0.3 is 0 Å². The van der Waals surface area contributed by atoms with E-state index in [1.807, 2.05) is 5.38 Å². The van der Waals surface area contributed by atoms with Gasteiger partial charge in [0, 0.05) is 35.7 Å².